The van der Waals surface area contributed by atoms with E-state index in [1.165, 1.54) is 40.9 Å². The highest BCUT2D eigenvalue weighted by Crippen LogP contribution is 2.33. The summed E-state index contributed by atoms with van der Waals surface area (Å²) in [6.45, 7) is 2.59. The molecule has 0 aliphatic carbocycles. The Morgan fingerprint density at radius 3 is 2.52 bits per heavy atom. The second kappa shape index (κ2) is 10.1. The maximum absolute atomic E-state index is 13.0. The van der Waals surface area contributed by atoms with Crippen LogP contribution in [-0.2, 0) is 16.1 Å². The summed E-state index contributed by atoms with van der Waals surface area (Å²) < 4.78 is 29.8. The van der Waals surface area contributed by atoms with Crippen LogP contribution in [0, 0.1) is 0 Å². The lowest BCUT2D eigenvalue weighted by Gasteiger charge is -2.16. The maximum Gasteiger partial charge on any atom is 0.487 e. The molecule has 1 aliphatic heterocycles. The van der Waals surface area contributed by atoms with E-state index < -0.39 is 10.8 Å². The van der Waals surface area contributed by atoms with Crippen LogP contribution in [0.25, 0.3) is 0 Å². The Morgan fingerprint density at radius 2 is 1.90 bits per heavy atom. The van der Waals surface area contributed by atoms with Crippen LogP contribution in [0.1, 0.15) is 18.9 Å². The summed E-state index contributed by atoms with van der Waals surface area (Å²) in [5.74, 6) is -0.535. The van der Waals surface area contributed by atoms with Gasteiger partial charge < -0.3 is 10.1 Å². The molecule has 1 aliphatic rings. The molecular formula is C21H20ClF2N3O3S. The summed E-state index contributed by atoms with van der Waals surface area (Å²) in [5.41, 5.74) is -2.45. The predicted octanol–water partition coefficient (Wildman–Crippen LogP) is 4.51. The van der Waals surface area contributed by atoms with Crippen LogP contribution >= 0.6 is 23.4 Å². The van der Waals surface area contributed by atoms with Crippen LogP contribution in [0.5, 0.6) is 5.75 Å². The van der Waals surface area contributed by atoms with Crippen LogP contribution in [-0.4, -0.2) is 39.2 Å². The van der Waals surface area contributed by atoms with Crippen molar-refractivity contribution in [2.75, 3.05) is 6.54 Å². The summed E-state index contributed by atoms with van der Waals surface area (Å²) in [4.78, 5) is 31.0. The number of carbonyl (C=O) groups excluding carboxylic acids is 2. The van der Waals surface area contributed by atoms with Gasteiger partial charge >= 0.3 is 5.57 Å². The van der Waals surface area contributed by atoms with Gasteiger partial charge in [-0.2, -0.15) is 0 Å². The highest BCUT2D eigenvalue weighted by atomic mass is 35.5. The number of hydrogen-bond donors (Lipinski definition) is 1. The first kappa shape index (κ1) is 23.0. The second-order valence-corrected chi connectivity index (χ2v) is 8.22. The van der Waals surface area contributed by atoms with Crippen molar-refractivity contribution >= 4 is 46.0 Å². The Morgan fingerprint density at radius 1 is 1.23 bits per heavy atom. The first-order chi connectivity index (χ1) is 14.7. The standard InChI is InChI=1S/C21H20ClF2N3O3S/c1-2-25-18(28)12-17-19(29)27(13-14-6-4-3-5-7-14)20(31-17)26-15-8-10-16(11-9-15)30-21(22,23)24/h3-11,17H,2,12-13H2,1H3,(H,25,28). The van der Waals surface area contributed by atoms with Crippen LogP contribution < -0.4 is 10.1 Å². The first-order valence-corrected chi connectivity index (χ1v) is 10.7. The van der Waals surface area contributed by atoms with E-state index in [1.54, 1.807) is 0 Å². The number of alkyl halides is 3. The van der Waals surface area contributed by atoms with E-state index in [4.69, 9.17) is 11.6 Å². The van der Waals surface area contributed by atoms with E-state index in [9.17, 15) is 18.4 Å². The van der Waals surface area contributed by atoms with E-state index >= 15 is 0 Å². The minimum absolute atomic E-state index is 0.0409. The third kappa shape index (κ3) is 6.67. The Kier molecular flexibility index (Phi) is 7.50. The number of carbonyl (C=O) groups is 2. The van der Waals surface area contributed by atoms with Gasteiger partial charge in [0.15, 0.2) is 5.17 Å². The van der Waals surface area contributed by atoms with Crippen LogP contribution in [0.4, 0.5) is 14.5 Å². The van der Waals surface area contributed by atoms with Gasteiger partial charge in [0.25, 0.3) is 0 Å². The normalized spacial score (nSPS) is 17.8. The molecule has 31 heavy (non-hydrogen) atoms. The molecular weight excluding hydrogens is 448 g/mol. The Balaban J connectivity index is 1.83. The average Bonchev–Trinajstić information content (AvgIpc) is 2.98. The van der Waals surface area contributed by atoms with Gasteiger partial charge in [-0.1, -0.05) is 42.1 Å². The van der Waals surface area contributed by atoms with Gasteiger partial charge in [-0.05, 0) is 36.8 Å². The number of benzene rings is 2. The van der Waals surface area contributed by atoms with Crippen molar-refractivity contribution in [3.05, 3.63) is 60.2 Å². The molecule has 164 valence electrons. The first-order valence-electron chi connectivity index (χ1n) is 9.48. The van der Waals surface area contributed by atoms with Gasteiger partial charge in [0.05, 0.1) is 12.2 Å². The topological polar surface area (TPSA) is 71.0 Å². The fraction of sp³-hybridized carbons (Fsp3) is 0.286. The quantitative estimate of drug-likeness (QED) is 0.580. The van der Waals surface area contributed by atoms with Crippen molar-refractivity contribution in [1.82, 2.24) is 10.2 Å². The summed E-state index contributed by atoms with van der Waals surface area (Å²) in [6, 6.07) is 15.0. The molecule has 6 nitrogen and oxygen atoms in total. The van der Waals surface area contributed by atoms with E-state index in [1.807, 2.05) is 37.3 Å². The Hall–Kier alpha value is -2.65. The molecule has 1 unspecified atom stereocenters. The van der Waals surface area contributed by atoms with Crippen molar-refractivity contribution < 1.29 is 23.1 Å². The van der Waals surface area contributed by atoms with E-state index in [0.29, 0.717) is 23.9 Å². The monoisotopic (exact) mass is 467 g/mol. The fourth-order valence-corrected chi connectivity index (χ4v) is 4.15. The number of amides is 2. The second-order valence-electron chi connectivity index (χ2n) is 6.61. The lowest BCUT2D eigenvalue weighted by molar-refractivity contribution is -0.129. The molecule has 10 heteroatoms. The summed E-state index contributed by atoms with van der Waals surface area (Å²) in [6.07, 6.45) is 0.0409. The summed E-state index contributed by atoms with van der Waals surface area (Å²) in [5, 5.41) is 2.54. The summed E-state index contributed by atoms with van der Waals surface area (Å²) >= 11 is 5.98. The number of hydrogen-bond acceptors (Lipinski definition) is 5. The zero-order valence-electron chi connectivity index (χ0n) is 16.6. The molecule has 0 saturated carbocycles. The molecule has 1 atom stereocenters. The zero-order valence-corrected chi connectivity index (χ0v) is 18.1. The highest BCUT2D eigenvalue weighted by molar-refractivity contribution is 8.15. The molecule has 0 bridgehead atoms. The van der Waals surface area contributed by atoms with Gasteiger partial charge in [-0.15, -0.1) is 8.78 Å². The number of amidine groups is 1. The SMILES string of the molecule is CCNC(=O)CC1SC(=Nc2ccc(OC(F)(F)Cl)cc2)N(Cc2ccccc2)C1=O. The molecule has 0 radical (unpaired) electrons. The van der Waals surface area contributed by atoms with Gasteiger partial charge in [0, 0.05) is 24.6 Å². The zero-order chi connectivity index (χ0) is 22.4. The number of nitrogens with zero attached hydrogens (tertiary/aromatic N) is 2. The fourth-order valence-electron chi connectivity index (χ4n) is 2.91. The van der Waals surface area contributed by atoms with Crippen molar-refractivity contribution in [3.63, 3.8) is 0 Å². The van der Waals surface area contributed by atoms with E-state index in [2.05, 4.69) is 15.0 Å². The van der Waals surface area contributed by atoms with Gasteiger partial charge in [0.2, 0.25) is 11.8 Å². The van der Waals surface area contributed by atoms with Crippen LogP contribution in [0.2, 0.25) is 0 Å². The number of halogens is 3. The predicted molar refractivity (Wildman–Crippen MR) is 117 cm³/mol. The largest absolute Gasteiger partial charge is 0.487 e. The molecule has 1 fully saturated rings. The molecule has 1 heterocycles. The van der Waals surface area contributed by atoms with Crippen LogP contribution in [0.15, 0.2) is 59.6 Å². The lowest BCUT2D eigenvalue weighted by atomic mass is 10.2. The lowest BCUT2D eigenvalue weighted by Crippen LogP contribution is -2.34. The minimum atomic E-state index is -3.81. The third-order valence-corrected chi connectivity index (χ3v) is 5.50. The number of nitrogens with one attached hydrogen (secondary N) is 1. The van der Waals surface area contributed by atoms with E-state index in [-0.39, 0.29) is 24.0 Å². The minimum Gasteiger partial charge on any atom is -0.420 e. The van der Waals surface area contributed by atoms with Crippen molar-refractivity contribution in [2.24, 2.45) is 4.99 Å². The maximum atomic E-state index is 13.0. The number of ether oxygens (including phenoxy) is 1. The number of aliphatic imine (C=N–C) groups is 1. The molecule has 2 aromatic rings. The third-order valence-electron chi connectivity index (χ3n) is 4.24. The van der Waals surface area contributed by atoms with Crippen LogP contribution in [0.3, 0.4) is 0 Å². The molecule has 1 N–H and O–H groups in total. The molecule has 2 aromatic carbocycles. The van der Waals surface area contributed by atoms with Gasteiger partial charge in [0.1, 0.15) is 11.0 Å². The van der Waals surface area contributed by atoms with Crippen molar-refractivity contribution in [2.45, 2.75) is 30.7 Å². The Bertz CT molecular complexity index is 953. The van der Waals surface area contributed by atoms with Gasteiger partial charge in [-0.25, -0.2) is 4.99 Å². The smallest absolute Gasteiger partial charge is 0.420 e. The van der Waals surface area contributed by atoms with E-state index in [0.717, 1.165) is 5.56 Å². The van der Waals surface area contributed by atoms with Crippen molar-refractivity contribution in [1.29, 1.82) is 0 Å². The average molecular weight is 468 g/mol. The molecule has 0 aromatic heterocycles. The van der Waals surface area contributed by atoms with Crippen molar-refractivity contribution in [3.8, 4) is 5.75 Å². The molecule has 0 spiro atoms. The highest BCUT2D eigenvalue weighted by Gasteiger charge is 2.39. The Labute approximate surface area is 187 Å². The molecule has 2 amide bonds. The molecule has 1 saturated heterocycles. The molecule has 3 rings (SSSR count). The number of thioether (sulfide) groups is 1. The van der Waals surface area contributed by atoms with Gasteiger partial charge in [-0.3, -0.25) is 14.5 Å². The summed E-state index contributed by atoms with van der Waals surface area (Å²) in [7, 11) is 0. The number of rotatable bonds is 8.